The van der Waals surface area contributed by atoms with Gasteiger partial charge in [-0.3, -0.25) is 4.90 Å². The van der Waals surface area contributed by atoms with Gasteiger partial charge < -0.3 is 5.32 Å². The molecule has 1 aliphatic heterocycles. The molecular weight excluding hydrogens is 196 g/mol. The summed E-state index contributed by atoms with van der Waals surface area (Å²) in [5.74, 6) is 1.86. The van der Waals surface area contributed by atoms with E-state index in [1.165, 1.54) is 45.3 Å². The minimum Gasteiger partial charge on any atom is -0.314 e. The molecule has 0 amide bonds. The molecule has 0 bridgehead atoms. The van der Waals surface area contributed by atoms with Crippen LogP contribution in [0.4, 0.5) is 0 Å². The average molecular weight is 224 g/mol. The molecule has 2 heteroatoms. The summed E-state index contributed by atoms with van der Waals surface area (Å²) in [6.45, 7) is 10.9. The Bertz CT molecular complexity index is 203. The maximum atomic E-state index is 3.42. The standard InChI is InChI=1S/C14H28N2/c1-4-5-16(14-9-15-10-14)13-7-11(2)6-12(3)8-13/h11-15H,4-10H2,1-3H3. The van der Waals surface area contributed by atoms with Gasteiger partial charge in [-0.1, -0.05) is 20.8 Å². The second kappa shape index (κ2) is 5.50. The van der Waals surface area contributed by atoms with Crippen LogP contribution in [0.15, 0.2) is 0 Å². The Kier molecular flexibility index (Phi) is 4.26. The van der Waals surface area contributed by atoms with Gasteiger partial charge in [0, 0.05) is 25.2 Å². The first-order valence-corrected chi connectivity index (χ1v) is 7.17. The average Bonchev–Trinajstić information content (AvgIpc) is 2.12. The fraction of sp³-hybridized carbons (Fsp3) is 1.00. The maximum absolute atomic E-state index is 3.42. The van der Waals surface area contributed by atoms with Crippen LogP contribution in [0, 0.1) is 11.8 Å². The van der Waals surface area contributed by atoms with E-state index in [2.05, 4.69) is 31.0 Å². The molecule has 2 atom stereocenters. The van der Waals surface area contributed by atoms with Gasteiger partial charge in [0.2, 0.25) is 0 Å². The third kappa shape index (κ3) is 2.78. The lowest BCUT2D eigenvalue weighted by molar-refractivity contribution is 0.0478. The van der Waals surface area contributed by atoms with E-state index in [9.17, 15) is 0 Å². The Morgan fingerprint density at radius 1 is 1.00 bits per heavy atom. The van der Waals surface area contributed by atoms with Gasteiger partial charge in [-0.15, -0.1) is 0 Å². The van der Waals surface area contributed by atoms with E-state index in [-0.39, 0.29) is 0 Å². The molecule has 2 unspecified atom stereocenters. The van der Waals surface area contributed by atoms with Crippen molar-refractivity contribution in [1.82, 2.24) is 10.2 Å². The van der Waals surface area contributed by atoms with Gasteiger partial charge in [-0.05, 0) is 44.1 Å². The van der Waals surface area contributed by atoms with E-state index in [0.29, 0.717) is 0 Å². The van der Waals surface area contributed by atoms with Gasteiger partial charge in [0.05, 0.1) is 0 Å². The van der Waals surface area contributed by atoms with Crippen molar-refractivity contribution in [2.45, 2.75) is 58.5 Å². The van der Waals surface area contributed by atoms with Crippen LogP contribution in [0.1, 0.15) is 46.5 Å². The second-order valence-electron chi connectivity index (χ2n) is 6.12. The molecule has 1 aliphatic carbocycles. The monoisotopic (exact) mass is 224 g/mol. The molecule has 0 spiro atoms. The summed E-state index contributed by atoms with van der Waals surface area (Å²) < 4.78 is 0. The molecule has 94 valence electrons. The molecule has 2 aliphatic rings. The predicted molar refractivity (Wildman–Crippen MR) is 69.6 cm³/mol. The highest BCUT2D eigenvalue weighted by molar-refractivity contribution is 4.91. The molecule has 0 aromatic carbocycles. The van der Waals surface area contributed by atoms with Crippen LogP contribution in [0.5, 0.6) is 0 Å². The van der Waals surface area contributed by atoms with Crippen molar-refractivity contribution < 1.29 is 0 Å². The molecule has 1 saturated heterocycles. The van der Waals surface area contributed by atoms with Crippen LogP contribution in [0.3, 0.4) is 0 Å². The summed E-state index contributed by atoms with van der Waals surface area (Å²) in [7, 11) is 0. The zero-order valence-corrected chi connectivity index (χ0v) is 11.2. The quantitative estimate of drug-likeness (QED) is 0.789. The summed E-state index contributed by atoms with van der Waals surface area (Å²) in [5.41, 5.74) is 0. The normalized spacial score (nSPS) is 36.4. The fourth-order valence-corrected chi connectivity index (χ4v) is 3.60. The molecule has 0 radical (unpaired) electrons. The first-order chi connectivity index (χ1) is 7.70. The molecule has 2 fully saturated rings. The van der Waals surface area contributed by atoms with E-state index in [1.807, 2.05) is 0 Å². The zero-order valence-electron chi connectivity index (χ0n) is 11.2. The van der Waals surface area contributed by atoms with Gasteiger partial charge in [-0.25, -0.2) is 0 Å². The smallest absolute Gasteiger partial charge is 0.0348 e. The summed E-state index contributed by atoms with van der Waals surface area (Å²) in [4.78, 5) is 2.81. The highest BCUT2D eigenvalue weighted by Gasteiger charge is 2.33. The Balaban J connectivity index is 1.94. The number of hydrogen-bond acceptors (Lipinski definition) is 2. The number of nitrogens with one attached hydrogen (secondary N) is 1. The van der Waals surface area contributed by atoms with Gasteiger partial charge in [0.15, 0.2) is 0 Å². The van der Waals surface area contributed by atoms with Crippen LogP contribution in [0.2, 0.25) is 0 Å². The highest BCUT2D eigenvalue weighted by Crippen LogP contribution is 2.32. The lowest BCUT2D eigenvalue weighted by Gasteiger charge is -2.46. The lowest BCUT2D eigenvalue weighted by Crippen LogP contribution is -2.60. The third-order valence-corrected chi connectivity index (χ3v) is 4.33. The van der Waals surface area contributed by atoms with Crippen LogP contribution in [-0.2, 0) is 0 Å². The largest absolute Gasteiger partial charge is 0.314 e. The summed E-state index contributed by atoms with van der Waals surface area (Å²) >= 11 is 0. The molecule has 0 aromatic rings. The number of nitrogens with zero attached hydrogens (tertiary/aromatic N) is 1. The Morgan fingerprint density at radius 3 is 2.06 bits per heavy atom. The predicted octanol–water partition coefficient (Wildman–Crippen LogP) is 2.49. The van der Waals surface area contributed by atoms with E-state index < -0.39 is 0 Å². The third-order valence-electron chi connectivity index (χ3n) is 4.33. The SMILES string of the molecule is CCCN(C1CNC1)C1CC(C)CC(C)C1. The van der Waals surface area contributed by atoms with Gasteiger partial charge in [-0.2, -0.15) is 0 Å². The summed E-state index contributed by atoms with van der Waals surface area (Å²) in [6.07, 6.45) is 5.61. The molecule has 2 rings (SSSR count). The first-order valence-electron chi connectivity index (χ1n) is 7.17. The number of hydrogen-bond donors (Lipinski definition) is 1. The maximum Gasteiger partial charge on any atom is 0.0348 e. The van der Waals surface area contributed by atoms with Crippen molar-refractivity contribution in [3.8, 4) is 0 Å². The van der Waals surface area contributed by atoms with E-state index in [4.69, 9.17) is 0 Å². The van der Waals surface area contributed by atoms with Crippen LogP contribution in [-0.4, -0.2) is 36.6 Å². The molecular formula is C14H28N2. The van der Waals surface area contributed by atoms with Crippen LogP contribution < -0.4 is 5.32 Å². The number of rotatable bonds is 4. The molecule has 1 saturated carbocycles. The van der Waals surface area contributed by atoms with Crippen molar-refractivity contribution in [2.75, 3.05) is 19.6 Å². The molecule has 2 nitrogen and oxygen atoms in total. The topological polar surface area (TPSA) is 15.3 Å². The van der Waals surface area contributed by atoms with E-state index in [0.717, 1.165) is 23.9 Å². The summed E-state index contributed by atoms with van der Waals surface area (Å²) in [5, 5.41) is 3.42. The summed E-state index contributed by atoms with van der Waals surface area (Å²) in [6, 6.07) is 1.70. The van der Waals surface area contributed by atoms with Crippen molar-refractivity contribution in [1.29, 1.82) is 0 Å². The van der Waals surface area contributed by atoms with Gasteiger partial charge in [0.1, 0.15) is 0 Å². The van der Waals surface area contributed by atoms with Gasteiger partial charge >= 0.3 is 0 Å². The molecule has 1 heterocycles. The zero-order chi connectivity index (χ0) is 11.5. The Labute approximate surface area is 101 Å². The van der Waals surface area contributed by atoms with E-state index >= 15 is 0 Å². The van der Waals surface area contributed by atoms with Crippen molar-refractivity contribution in [2.24, 2.45) is 11.8 Å². The Hall–Kier alpha value is -0.0800. The van der Waals surface area contributed by atoms with Crippen LogP contribution in [0.25, 0.3) is 0 Å². The van der Waals surface area contributed by atoms with Crippen molar-refractivity contribution >= 4 is 0 Å². The van der Waals surface area contributed by atoms with Crippen molar-refractivity contribution in [3.63, 3.8) is 0 Å². The minimum absolute atomic E-state index is 0.836. The molecule has 16 heavy (non-hydrogen) atoms. The first kappa shape index (κ1) is 12.4. The fourth-order valence-electron chi connectivity index (χ4n) is 3.60. The van der Waals surface area contributed by atoms with Gasteiger partial charge in [0.25, 0.3) is 0 Å². The lowest BCUT2D eigenvalue weighted by atomic mass is 9.79. The highest BCUT2D eigenvalue weighted by atomic mass is 15.3. The molecule has 0 aromatic heterocycles. The van der Waals surface area contributed by atoms with Crippen molar-refractivity contribution in [3.05, 3.63) is 0 Å². The van der Waals surface area contributed by atoms with E-state index in [1.54, 1.807) is 0 Å². The second-order valence-corrected chi connectivity index (χ2v) is 6.12. The Morgan fingerprint density at radius 2 is 1.62 bits per heavy atom. The molecule has 1 N–H and O–H groups in total. The minimum atomic E-state index is 0.836. The van der Waals surface area contributed by atoms with Crippen LogP contribution >= 0.6 is 0 Å².